The van der Waals surface area contributed by atoms with Crippen molar-refractivity contribution >= 4 is 98.1 Å². The van der Waals surface area contributed by atoms with Gasteiger partial charge in [0.2, 0.25) is 0 Å². The fourth-order valence-electron chi connectivity index (χ4n) is 3.24. The summed E-state index contributed by atoms with van der Waals surface area (Å²) in [5, 5.41) is 49.5. The molecule has 0 aromatic carbocycles. The number of carboxylic acid groups (broad SMARTS) is 2. The summed E-state index contributed by atoms with van der Waals surface area (Å²) in [6, 6.07) is 0. The normalized spacial score (nSPS) is 11.7. The molecule has 406 valence electrons. The number of ether oxygens (including phenoxy) is 10. The highest BCUT2D eigenvalue weighted by Gasteiger charge is 2.25. The number of hydrogen-bond acceptors (Lipinski definition) is 24. The number of rotatable bonds is 25. The molecular formula is C40H69BrCl2O26. The molecule has 0 heterocycles. The summed E-state index contributed by atoms with van der Waals surface area (Å²) in [4.78, 5) is 107. The first kappa shape index (κ1) is 75.7. The molecule has 0 radical (unpaired) electrons. The SMILES string of the molecule is CCOC(=O)C(C)CBr.CCOC(=O)C(C)COC(=O)OCC(C)C(=O)OCC.CCOC(=O)C(CO)CO.CCOC(=O)C(CO)COC(=O)OCC(CO)C(=O)OCC.O=C(Cl)Cl.O=C(O)O. The van der Waals surface area contributed by atoms with Gasteiger partial charge in [-0.25, -0.2) is 14.4 Å². The lowest BCUT2D eigenvalue weighted by Crippen LogP contribution is -2.30. The van der Waals surface area contributed by atoms with E-state index in [4.69, 9.17) is 63.9 Å². The van der Waals surface area contributed by atoms with Crippen molar-refractivity contribution < 1.29 is 126 Å². The van der Waals surface area contributed by atoms with Crippen molar-refractivity contribution in [3.63, 3.8) is 0 Å². The third-order valence-electron chi connectivity index (χ3n) is 6.75. The largest absolute Gasteiger partial charge is 0.508 e. The van der Waals surface area contributed by atoms with Crippen LogP contribution in [0, 0.1) is 35.5 Å². The lowest BCUT2D eigenvalue weighted by Gasteiger charge is -2.15. The van der Waals surface area contributed by atoms with Crippen molar-refractivity contribution in [3.8, 4) is 0 Å². The standard InChI is InChI=1S/C13H22O9.C13H22O7.C6H11BrO2.C6H12O4.CCl2O.CH2O3/c1-3-19-11(16)9(5-14)7-21-13(18)22-8-10(6-15)12(17)20-4-2;1-5-17-11(14)9(3)7-19-13(16)20-8-10(4)12(15)18-6-2;1-3-9-6(8)5(2)4-7;1-2-10-6(9)5(3-7)4-8;2*2-1(3)4/h9-10,14-15H,3-8H2,1-2H3;9-10H,5-8H2,1-4H3;5H,3-4H2,1-2H3;5,7-8H,2-4H2,1H3;;(H2,2,3,4). The zero-order valence-electron chi connectivity index (χ0n) is 40.1. The number of halogens is 3. The van der Waals surface area contributed by atoms with Crippen LogP contribution in [-0.2, 0) is 76.1 Å². The highest BCUT2D eigenvalue weighted by Crippen LogP contribution is 2.06. The van der Waals surface area contributed by atoms with Gasteiger partial charge in [0.05, 0.1) is 83.8 Å². The maximum atomic E-state index is 11.4. The number of carbonyl (C=O) groups excluding carboxylic acids is 9. The zero-order chi connectivity index (χ0) is 54.9. The lowest BCUT2D eigenvalue weighted by atomic mass is 10.2. The van der Waals surface area contributed by atoms with Gasteiger partial charge >= 0.3 is 59.0 Å². The van der Waals surface area contributed by atoms with Crippen LogP contribution in [0.1, 0.15) is 62.3 Å². The number of hydrogen-bond donors (Lipinski definition) is 6. The molecule has 0 aromatic rings. The molecule has 0 saturated heterocycles. The summed E-state index contributed by atoms with van der Waals surface area (Å²) in [6.07, 6.45) is -3.90. The second-order valence-electron chi connectivity index (χ2n) is 12.4. The molecule has 0 aliphatic heterocycles. The Morgan fingerprint density at radius 2 is 0.594 bits per heavy atom. The molecule has 0 aliphatic rings. The van der Waals surface area contributed by atoms with E-state index in [1.807, 2.05) is 6.92 Å². The summed E-state index contributed by atoms with van der Waals surface area (Å²) in [5.74, 6) is -6.91. The topological polar surface area (TPSA) is 384 Å². The average Bonchev–Trinajstić information content (AvgIpc) is 3.28. The van der Waals surface area contributed by atoms with Gasteiger partial charge in [-0.1, -0.05) is 22.9 Å². The summed E-state index contributed by atoms with van der Waals surface area (Å²) in [5.41, 5.74) is 0. The van der Waals surface area contributed by atoms with E-state index >= 15 is 0 Å². The quantitative estimate of drug-likeness (QED) is 0.0329. The summed E-state index contributed by atoms with van der Waals surface area (Å²) < 4.78 is 46.0. The minimum Gasteiger partial charge on any atom is -0.466 e. The molecule has 0 spiro atoms. The minimum atomic E-state index is -1.83. The van der Waals surface area contributed by atoms with Gasteiger partial charge in [0.15, 0.2) is 0 Å². The first-order valence-corrected chi connectivity index (χ1v) is 22.6. The van der Waals surface area contributed by atoms with Gasteiger partial charge in [0.1, 0.15) is 44.2 Å². The van der Waals surface area contributed by atoms with Crippen LogP contribution in [0.25, 0.3) is 0 Å². The second-order valence-corrected chi connectivity index (χ2v) is 14.0. The third-order valence-corrected chi connectivity index (χ3v) is 7.72. The Bertz CT molecular complexity index is 1340. The highest BCUT2D eigenvalue weighted by atomic mass is 79.9. The van der Waals surface area contributed by atoms with E-state index in [1.54, 1.807) is 55.4 Å². The van der Waals surface area contributed by atoms with E-state index in [9.17, 15) is 38.4 Å². The van der Waals surface area contributed by atoms with Crippen LogP contribution < -0.4 is 0 Å². The first-order chi connectivity index (χ1) is 32.3. The van der Waals surface area contributed by atoms with Crippen LogP contribution in [0.4, 0.5) is 19.2 Å². The number of carbonyl (C=O) groups is 10. The molecule has 69 heavy (non-hydrogen) atoms. The maximum Gasteiger partial charge on any atom is 0.508 e. The number of aliphatic hydroxyl groups excluding tert-OH is 4. The Hall–Kier alpha value is -4.80. The van der Waals surface area contributed by atoms with Crippen LogP contribution in [0.15, 0.2) is 0 Å². The fourth-order valence-corrected chi connectivity index (χ4v) is 3.50. The van der Waals surface area contributed by atoms with Crippen LogP contribution in [0.2, 0.25) is 0 Å². The average molecular weight is 1120 g/mol. The zero-order valence-corrected chi connectivity index (χ0v) is 43.2. The van der Waals surface area contributed by atoms with Crippen molar-refractivity contribution in [1.82, 2.24) is 0 Å². The molecule has 0 bridgehead atoms. The molecule has 29 heteroatoms. The van der Waals surface area contributed by atoms with Crippen molar-refractivity contribution in [3.05, 3.63) is 0 Å². The van der Waals surface area contributed by atoms with Crippen molar-refractivity contribution in [1.29, 1.82) is 0 Å². The van der Waals surface area contributed by atoms with Gasteiger partial charge in [-0.05, 0) is 78.6 Å². The number of aliphatic hydroxyl groups is 4. The smallest absolute Gasteiger partial charge is 0.466 e. The van der Waals surface area contributed by atoms with Gasteiger partial charge in [0, 0.05) is 5.33 Å². The van der Waals surface area contributed by atoms with Crippen LogP contribution in [0.5, 0.6) is 0 Å². The molecule has 0 aromatic heterocycles. The van der Waals surface area contributed by atoms with Gasteiger partial charge in [0.25, 0.3) is 0 Å². The molecule has 0 aliphatic carbocycles. The maximum absolute atomic E-state index is 11.4. The molecule has 6 N–H and O–H groups in total. The van der Waals surface area contributed by atoms with E-state index in [0.717, 1.165) is 0 Å². The summed E-state index contributed by atoms with van der Waals surface area (Å²) in [7, 11) is 0. The van der Waals surface area contributed by atoms with E-state index in [2.05, 4.69) is 62.8 Å². The van der Waals surface area contributed by atoms with Gasteiger partial charge in [-0.15, -0.1) is 0 Å². The predicted octanol–water partition coefficient (Wildman–Crippen LogP) is 3.56. The van der Waals surface area contributed by atoms with Crippen molar-refractivity contribution in [2.45, 2.75) is 62.3 Å². The Morgan fingerprint density at radius 3 is 0.812 bits per heavy atom. The molecule has 0 amide bonds. The Labute approximate surface area is 418 Å². The molecule has 0 saturated carbocycles. The number of esters is 6. The molecule has 26 nitrogen and oxygen atoms in total. The van der Waals surface area contributed by atoms with E-state index < -0.39 is 109 Å². The number of alkyl halides is 1. The van der Waals surface area contributed by atoms with Crippen molar-refractivity contribution in [2.24, 2.45) is 35.5 Å². The fraction of sp³-hybridized carbons (Fsp3) is 0.750. The van der Waals surface area contributed by atoms with E-state index in [1.165, 1.54) is 0 Å². The first-order valence-electron chi connectivity index (χ1n) is 20.7. The molecule has 0 fully saturated rings. The summed E-state index contributed by atoms with van der Waals surface area (Å²) in [6.45, 7) is 13.7. The predicted molar refractivity (Wildman–Crippen MR) is 242 cm³/mol. The minimum absolute atomic E-state index is 0.0232. The van der Waals surface area contributed by atoms with Gasteiger partial charge in [-0.3, -0.25) is 33.6 Å². The van der Waals surface area contributed by atoms with Gasteiger partial charge in [-0.2, -0.15) is 0 Å². The van der Waals surface area contributed by atoms with Gasteiger partial charge < -0.3 is 78.0 Å². The van der Waals surface area contributed by atoms with Crippen molar-refractivity contribution in [2.75, 3.05) is 97.8 Å². The molecule has 5 atom stereocenters. The monoisotopic (exact) mass is 1110 g/mol. The lowest BCUT2D eigenvalue weighted by molar-refractivity contribution is -0.152. The Morgan fingerprint density at radius 1 is 0.391 bits per heavy atom. The summed E-state index contributed by atoms with van der Waals surface area (Å²) >= 11 is 12.0. The van der Waals surface area contributed by atoms with Crippen LogP contribution >= 0.6 is 39.1 Å². The molecular weight excluding hydrogens is 1050 g/mol. The Kier molecular flexibility index (Phi) is 57.7. The van der Waals surface area contributed by atoms with Crippen LogP contribution in [0.3, 0.4) is 0 Å². The third kappa shape index (κ3) is 52.4. The highest BCUT2D eigenvalue weighted by molar-refractivity contribution is 9.09. The van der Waals surface area contributed by atoms with E-state index in [-0.39, 0.29) is 71.3 Å². The Balaban J connectivity index is -0.000000191. The van der Waals surface area contributed by atoms with Crippen LogP contribution in [-0.4, -0.2) is 187 Å². The van der Waals surface area contributed by atoms with E-state index in [0.29, 0.717) is 11.9 Å². The second kappa shape index (κ2) is 52.6. The molecule has 5 unspecified atom stereocenters. The molecule has 0 rings (SSSR count).